The molecule has 1 atom stereocenters. The Morgan fingerprint density at radius 1 is 1.29 bits per heavy atom. The summed E-state index contributed by atoms with van der Waals surface area (Å²) >= 11 is 0. The van der Waals surface area contributed by atoms with Gasteiger partial charge in [0, 0.05) is 24.7 Å². The Hall–Kier alpha value is -3.03. The number of nitrogens with zero attached hydrogens (tertiary/aromatic N) is 3. The van der Waals surface area contributed by atoms with Gasteiger partial charge in [-0.15, -0.1) is 0 Å². The summed E-state index contributed by atoms with van der Waals surface area (Å²) in [4.78, 5) is 23.3. The van der Waals surface area contributed by atoms with E-state index in [9.17, 15) is 13.6 Å². The van der Waals surface area contributed by atoms with Gasteiger partial charge in [-0.05, 0) is 38.8 Å². The van der Waals surface area contributed by atoms with Gasteiger partial charge in [-0.3, -0.25) is 4.79 Å². The number of carbonyl (C=O) groups is 1. The summed E-state index contributed by atoms with van der Waals surface area (Å²) in [5.41, 5.74) is 1.49. The van der Waals surface area contributed by atoms with Gasteiger partial charge in [0.05, 0.1) is 17.0 Å². The summed E-state index contributed by atoms with van der Waals surface area (Å²) in [5, 5.41) is 3.43. The molecule has 1 fully saturated rings. The average Bonchev–Trinajstić information content (AvgIpc) is 2.98. The maximum Gasteiger partial charge on any atom is 0.231 e. The Balaban J connectivity index is 1.56. The SMILES string of the molecule is Cc1oc2ncnc(N3CCCC(C(=O)Nc4ccc(F)cc4F)C3)c2c1C. The molecule has 0 radical (unpaired) electrons. The first-order valence-corrected chi connectivity index (χ1v) is 9.15. The van der Waals surface area contributed by atoms with Crippen LogP contribution in [0.2, 0.25) is 0 Å². The third-order valence-corrected chi connectivity index (χ3v) is 5.23. The van der Waals surface area contributed by atoms with Gasteiger partial charge in [0.2, 0.25) is 11.6 Å². The number of nitrogens with one attached hydrogen (secondary N) is 1. The summed E-state index contributed by atoms with van der Waals surface area (Å²) in [6.07, 6.45) is 2.94. The van der Waals surface area contributed by atoms with Crippen LogP contribution in [0.3, 0.4) is 0 Å². The topological polar surface area (TPSA) is 71.3 Å². The lowest BCUT2D eigenvalue weighted by atomic mass is 9.96. The van der Waals surface area contributed by atoms with Gasteiger partial charge >= 0.3 is 0 Å². The molecule has 28 heavy (non-hydrogen) atoms. The number of aromatic nitrogens is 2. The summed E-state index contributed by atoms with van der Waals surface area (Å²) < 4.78 is 32.6. The van der Waals surface area contributed by atoms with Crippen molar-refractivity contribution < 1.29 is 18.0 Å². The van der Waals surface area contributed by atoms with Gasteiger partial charge in [-0.1, -0.05) is 0 Å². The standard InChI is InChI=1S/C20H20F2N4O2/c1-11-12(2)28-20-17(11)18(23-10-24-20)26-7-3-4-13(9-26)19(27)25-16-6-5-14(21)8-15(16)22/h5-6,8,10,13H,3-4,7,9H2,1-2H3,(H,25,27). The predicted octanol–water partition coefficient (Wildman–Crippen LogP) is 3.97. The highest BCUT2D eigenvalue weighted by Gasteiger charge is 2.29. The first-order valence-electron chi connectivity index (χ1n) is 9.15. The number of hydrogen-bond acceptors (Lipinski definition) is 5. The van der Waals surface area contributed by atoms with Crippen LogP contribution in [0, 0.1) is 31.4 Å². The van der Waals surface area contributed by atoms with Gasteiger partial charge in [0.15, 0.2) is 0 Å². The van der Waals surface area contributed by atoms with Crippen LogP contribution in [-0.2, 0) is 4.79 Å². The third-order valence-electron chi connectivity index (χ3n) is 5.23. The van der Waals surface area contributed by atoms with E-state index in [4.69, 9.17) is 4.42 Å². The third kappa shape index (κ3) is 3.30. The van der Waals surface area contributed by atoms with Crippen molar-refractivity contribution in [2.45, 2.75) is 26.7 Å². The van der Waals surface area contributed by atoms with Crippen LogP contribution in [0.15, 0.2) is 28.9 Å². The largest absolute Gasteiger partial charge is 0.443 e. The summed E-state index contributed by atoms with van der Waals surface area (Å²) in [6.45, 7) is 5.04. The number of rotatable bonds is 3. The second-order valence-corrected chi connectivity index (χ2v) is 7.06. The number of halogens is 2. The van der Waals surface area contributed by atoms with Gasteiger partial charge in [-0.25, -0.2) is 18.7 Å². The lowest BCUT2D eigenvalue weighted by molar-refractivity contribution is -0.120. The van der Waals surface area contributed by atoms with Crippen LogP contribution >= 0.6 is 0 Å². The first kappa shape index (κ1) is 18.3. The van der Waals surface area contributed by atoms with E-state index in [2.05, 4.69) is 15.3 Å². The zero-order valence-corrected chi connectivity index (χ0v) is 15.6. The zero-order chi connectivity index (χ0) is 19.8. The number of benzene rings is 1. The van der Waals surface area contributed by atoms with Crippen molar-refractivity contribution in [1.29, 1.82) is 0 Å². The van der Waals surface area contributed by atoms with Crippen molar-refractivity contribution in [2.75, 3.05) is 23.3 Å². The zero-order valence-electron chi connectivity index (χ0n) is 15.6. The molecule has 1 aliphatic heterocycles. The normalized spacial score (nSPS) is 17.1. The number of aryl methyl sites for hydroxylation is 2. The van der Waals surface area contributed by atoms with E-state index in [1.807, 2.05) is 18.7 Å². The Bertz CT molecular complexity index is 1050. The van der Waals surface area contributed by atoms with Crippen molar-refractivity contribution in [3.8, 4) is 0 Å². The molecule has 8 heteroatoms. The van der Waals surface area contributed by atoms with Gasteiger partial charge < -0.3 is 14.6 Å². The minimum absolute atomic E-state index is 0.0192. The second kappa shape index (κ2) is 7.18. The van der Waals surface area contributed by atoms with Crippen LogP contribution in [0.25, 0.3) is 11.1 Å². The average molecular weight is 386 g/mol. The lowest BCUT2D eigenvalue weighted by Crippen LogP contribution is -2.41. The molecule has 1 aromatic carbocycles. The highest BCUT2D eigenvalue weighted by Crippen LogP contribution is 2.33. The van der Waals surface area contributed by atoms with Gasteiger partial charge in [-0.2, -0.15) is 0 Å². The molecule has 0 aliphatic carbocycles. The van der Waals surface area contributed by atoms with E-state index in [-0.39, 0.29) is 17.5 Å². The Kier molecular flexibility index (Phi) is 4.70. The van der Waals surface area contributed by atoms with Crippen molar-refractivity contribution in [3.05, 3.63) is 47.5 Å². The van der Waals surface area contributed by atoms with Crippen LogP contribution in [0.4, 0.5) is 20.3 Å². The van der Waals surface area contributed by atoms with E-state index < -0.39 is 11.6 Å². The van der Waals surface area contributed by atoms with Gasteiger partial charge in [0.1, 0.15) is 29.5 Å². The molecule has 146 valence electrons. The highest BCUT2D eigenvalue weighted by molar-refractivity contribution is 5.94. The molecule has 1 unspecified atom stereocenters. The van der Waals surface area contributed by atoms with Crippen LogP contribution in [0.1, 0.15) is 24.2 Å². The van der Waals surface area contributed by atoms with Crippen LogP contribution in [-0.4, -0.2) is 29.0 Å². The molecular formula is C20H20F2N4O2. The fraction of sp³-hybridized carbons (Fsp3) is 0.350. The molecule has 3 aromatic rings. The molecule has 2 aromatic heterocycles. The van der Waals surface area contributed by atoms with E-state index >= 15 is 0 Å². The molecule has 6 nitrogen and oxygen atoms in total. The smallest absolute Gasteiger partial charge is 0.231 e. The van der Waals surface area contributed by atoms with Crippen molar-refractivity contribution in [2.24, 2.45) is 5.92 Å². The lowest BCUT2D eigenvalue weighted by Gasteiger charge is -2.33. The first-order chi connectivity index (χ1) is 13.4. The van der Waals surface area contributed by atoms with Crippen LogP contribution < -0.4 is 10.2 Å². The molecule has 3 heterocycles. The molecule has 0 bridgehead atoms. The number of anilines is 2. The molecular weight excluding hydrogens is 366 g/mol. The van der Waals surface area contributed by atoms with E-state index in [1.165, 1.54) is 12.4 Å². The minimum Gasteiger partial charge on any atom is -0.443 e. The monoisotopic (exact) mass is 386 g/mol. The molecule has 0 spiro atoms. The van der Waals surface area contributed by atoms with E-state index in [0.29, 0.717) is 18.7 Å². The number of furan rings is 1. The number of amides is 1. The molecule has 1 saturated heterocycles. The Morgan fingerprint density at radius 2 is 2.11 bits per heavy atom. The Labute approximate surface area is 160 Å². The summed E-state index contributed by atoms with van der Waals surface area (Å²) in [6, 6.07) is 3.10. The fourth-order valence-electron chi connectivity index (χ4n) is 3.61. The summed E-state index contributed by atoms with van der Waals surface area (Å²) in [7, 11) is 0. The highest BCUT2D eigenvalue weighted by atomic mass is 19.1. The van der Waals surface area contributed by atoms with Gasteiger partial charge in [0.25, 0.3) is 0 Å². The van der Waals surface area contributed by atoms with Crippen LogP contribution in [0.5, 0.6) is 0 Å². The molecule has 0 saturated carbocycles. The van der Waals surface area contributed by atoms with E-state index in [0.717, 1.165) is 47.6 Å². The minimum atomic E-state index is -0.789. The van der Waals surface area contributed by atoms with Crippen molar-refractivity contribution >= 4 is 28.5 Å². The summed E-state index contributed by atoms with van der Waals surface area (Å²) in [5.74, 6) is -0.572. The maximum atomic E-state index is 13.8. The molecule has 1 N–H and O–H groups in total. The number of piperidine rings is 1. The quantitative estimate of drug-likeness (QED) is 0.737. The van der Waals surface area contributed by atoms with Crippen molar-refractivity contribution in [1.82, 2.24) is 9.97 Å². The molecule has 1 amide bonds. The number of carbonyl (C=O) groups excluding carboxylic acids is 1. The molecule has 4 rings (SSSR count). The van der Waals surface area contributed by atoms with E-state index in [1.54, 1.807) is 0 Å². The Morgan fingerprint density at radius 3 is 2.89 bits per heavy atom. The van der Waals surface area contributed by atoms with Crippen molar-refractivity contribution in [3.63, 3.8) is 0 Å². The maximum absolute atomic E-state index is 13.8. The predicted molar refractivity (Wildman–Crippen MR) is 101 cm³/mol. The second-order valence-electron chi connectivity index (χ2n) is 7.06. The number of hydrogen-bond donors (Lipinski definition) is 1. The molecule has 1 aliphatic rings. The number of fused-ring (bicyclic) bond motifs is 1. The fourth-order valence-corrected chi connectivity index (χ4v) is 3.61.